The van der Waals surface area contributed by atoms with Gasteiger partial charge < -0.3 is 18.9 Å². The average Bonchev–Trinajstić information content (AvgIpc) is 2.96. The topological polar surface area (TPSA) is 78.4 Å². The van der Waals surface area contributed by atoms with E-state index in [2.05, 4.69) is 22.7 Å². The lowest BCUT2D eigenvalue weighted by Gasteiger charge is -2.12. The number of nitrogens with zero attached hydrogens (tertiary/aromatic N) is 1. The van der Waals surface area contributed by atoms with Gasteiger partial charge in [0.05, 0.1) is 27.5 Å². The Morgan fingerprint density at radius 3 is 2.11 bits per heavy atom. The van der Waals surface area contributed by atoms with E-state index in [4.69, 9.17) is 18.9 Å². The van der Waals surface area contributed by atoms with Gasteiger partial charge in [0.1, 0.15) is 18.1 Å². The Bertz CT molecular complexity index is 1370. The zero-order valence-electron chi connectivity index (χ0n) is 20.9. The van der Waals surface area contributed by atoms with Crippen LogP contribution < -0.4 is 24.4 Å². The van der Waals surface area contributed by atoms with Crippen LogP contribution in [0.15, 0.2) is 96.1 Å². The number of hydrogen-bond donors (Lipinski definition) is 1. The minimum absolute atomic E-state index is 0.336. The second kappa shape index (κ2) is 12.3. The molecule has 4 aromatic carbocycles. The number of hydrazone groups is 1. The molecule has 0 aliphatic carbocycles. The molecule has 0 spiro atoms. The molecular weight excluding hydrogens is 468 g/mol. The molecular formula is C30H28N2O5. The maximum absolute atomic E-state index is 12.6. The number of benzene rings is 4. The van der Waals surface area contributed by atoms with Crippen LogP contribution in [-0.2, 0) is 6.61 Å². The van der Waals surface area contributed by atoms with Gasteiger partial charge in [-0.3, -0.25) is 4.79 Å². The molecule has 0 fully saturated rings. The van der Waals surface area contributed by atoms with Crippen molar-refractivity contribution in [1.29, 1.82) is 0 Å². The van der Waals surface area contributed by atoms with Crippen molar-refractivity contribution in [3.05, 3.63) is 108 Å². The number of carbonyl (C=O) groups excluding carboxylic acids is 1. The highest BCUT2D eigenvalue weighted by atomic mass is 16.5. The molecule has 188 valence electrons. The Kier molecular flexibility index (Phi) is 8.39. The highest BCUT2D eigenvalue weighted by Crippen LogP contribution is 2.34. The molecule has 1 N–H and O–H groups in total. The molecule has 1 amide bonds. The summed E-state index contributed by atoms with van der Waals surface area (Å²) in [4.78, 5) is 12.6. The normalized spacial score (nSPS) is 10.7. The van der Waals surface area contributed by atoms with Crippen LogP contribution in [0, 0.1) is 0 Å². The van der Waals surface area contributed by atoms with E-state index in [0.29, 0.717) is 35.0 Å². The first-order chi connectivity index (χ1) is 18.1. The van der Waals surface area contributed by atoms with Gasteiger partial charge in [-0.2, -0.15) is 5.10 Å². The zero-order chi connectivity index (χ0) is 26.0. The van der Waals surface area contributed by atoms with Crippen molar-refractivity contribution in [1.82, 2.24) is 5.43 Å². The maximum atomic E-state index is 12.6. The number of rotatable bonds is 10. The van der Waals surface area contributed by atoms with Crippen LogP contribution in [0.5, 0.6) is 23.0 Å². The van der Waals surface area contributed by atoms with Gasteiger partial charge in [0.15, 0.2) is 11.5 Å². The first-order valence-corrected chi connectivity index (χ1v) is 11.6. The summed E-state index contributed by atoms with van der Waals surface area (Å²) in [7, 11) is 4.64. The molecule has 0 bridgehead atoms. The predicted octanol–water partition coefficient (Wildman–Crippen LogP) is 5.72. The third-order valence-corrected chi connectivity index (χ3v) is 5.69. The van der Waals surface area contributed by atoms with Gasteiger partial charge >= 0.3 is 0 Å². The van der Waals surface area contributed by atoms with Crippen molar-refractivity contribution in [3.63, 3.8) is 0 Å². The minimum Gasteiger partial charge on any atom is -0.496 e. The fraction of sp³-hybridized carbons (Fsp3) is 0.133. The standard InChI is InChI=1S/C30H28N2O5/c1-34-27-18-29(36-3)28(35-2)17-24(27)19-31-32-30(33)23-15-13-21(14-16-23)20-37-26-12-8-7-11-25(26)22-9-5-4-6-10-22/h4-19H,20H2,1-3H3,(H,32,33). The quantitative estimate of drug-likeness (QED) is 0.224. The van der Waals surface area contributed by atoms with E-state index in [0.717, 1.165) is 22.4 Å². The van der Waals surface area contributed by atoms with E-state index in [1.807, 2.05) is 54.6 Å². The van der Waals surface area contributed by atoms with Crippen LogP contribution in [0.4, 0.5) is 0 Å². The molecule has 7 heteroatoms. The molecule has 0 radical (unpaired) electrons. The Morgan fingerprint density at radius 1 is 0.757 bits per heavy atom. The van der Waals surface area contributed by atoms with Crippen molar-refractivity contribution in [2.75, 3.05) is 21.3 Å². The Morgan fingerprint density at radius 2 is 1.41 bits per heavy atom. The van der Waals surface area contributed by atoms with Crippen LogP contribution in [0.25, 0.3) is 11.1 Å². The molecule has 0 aliphatic heterocycles. The van der Waals surface area contributed by atoms with Crippen LogP contribution >= 0.6 is 0 Å². The van der Waals surface area contributed by atoms with Crippen molar-refractivity contribution in [2.45, 2.75) is 6.61 Å². The maximum Gasteiger partial charge on any atom is 0.271 e. The molecule has 7 nitrogen and oxygen atoms in total. The zero-order valence-corrected chi connectivity index (χ0v) is 20.9. The van der Waals surface area contributed by atoms with Gasteiger partial charge in [0.2, 0.25) is 0 Å². The lowest BCUT2D eigenvalue weighted by Crippen LogP contribution is -2.17. The highest BCUT2D eigenvalue weighted by Gasteiger charge is 2.11. The molecule has 0 unspecified atom stereocenters. The summed E-state index contributed by atoms with van der Waals surface area (Å²) < 4.78 is 22.1. The molecule has 0 saturated carbocycles. The second-order valence-electron chi connectivity index (χ2n) is 8.00. The molecule has 0 atom stereocenters. The van der Waals surface area contributed by atoms with E-state index in [9.17, 15) is 4.79 Å². The van der Waals surface area contributed by atoms with Crippen molar-refractivity contribution in [2.24, 2.45) is 5.10 Å². The van der Waals surface area contributed by atoms with E-state index >= 15 is 0 Å². The molecule has 37 heavy (non-hydrogen) atoms. The first kappa shape index (κ1) is 25.3. The summed E-state index contributed by atoms with van der Waals surface area (Å²) in [5.74, 6) is 2.07. The highest BCUT2D eigenvalue weighted by molar-refractivity contribution is 5.95. The summed E-state index contributed by atoms with van der Waals surface area (Å²) in [5, 5.41) is 4.07. The minimum atomic E-state index is -0.336. The fourth-order valence-corrected chi connectivity index (χ4v) is 3.74. The van der Waals surface area contributed by atoms with Crippen LogP contribution in [0.2, 0.25) is 0 Å². The largest absolute Gasteiger partial charge is 0.496 e. The SMILES string of the molecule is COc1cc(OC)c(OC)cc1C=NNC(=O)c1ccc(COc2ccccc2-c2ccccc2)cc1. The molecule has 4 aromatic rings. The number of ether oxygens (including phenoxy) is 4. The number of amides is 1. The van der Waals surface area contributed by atoms with Gasteiger partial charge in [-0.15, -0.1) is 0 Å². The monoisotopic (exact) mass is 496 g/mol. The number of carbonyl (C=O) groups is 1. The van der Waals surface area contributed by atoms with E-state index < -0.39 is 0 Å². The fourth-order valence-electron chi connectivity index (χ4n) is 3.74. The van der Waals surface area contributed by atoms with E-state index in [1.54, 1.807) is 45.6 Å². The molecule has 0 heterocycles. The Hall–Kier alpha value is -4.78. The van der Waals surface area contributed by atoms with Crippen LogP contribution in [0.3, 0.4) is 0 Å². The van der Waals surface area contributed by atoms with Gasteiger partial charge in [-0.1, -0.05) is 60.7 Å². The van der Waals surface area contributed by atoms with Crippen LogP contribution in [0.1, 0.15) is 21.5 Å². The summed E-state index contributed by atoms with van der Waals surface area (Å²) in [6, 6.07) is 28.7. The van der Waals surface area contributed by atoms with Crippen molar-refractivity contribution < 1.29 is 23.7 Å². The molecule has 0 aliphatic rings. The molecule has 4 rings (SSSR count). The summed E-state index contributed by atoms with van der Waals surface area (Å²) in [5.41, 5.74) is 6.71. The average molecular weight is 497 g/mol. The smallest absolute Gasteiger partial charge is 0.271 e. The predicted molar refractivity (Wildman–Crippen MR) is 144 cm³/mol. The molecule has 0 saturated heterocycles. The van der Waals surface area contributed by atoms with Gasteiger partial charge in [-0.25, -0.2) is 5.43 Å². The second-order valence-corrected chi connectivity index (χ2v) is 8.00. The lowest BCUT2D eigenvalue weighted by atomic mass is 10.0. The number of hydrogen-bond acceptors (Lipinski definition) is 6. The van der Waals surface area contributed by atoms with Crippen LogP contribution in [-0.4, -0.2) is 33.5 Å². The van der Waals surface area contributed by atoms with Gasteiger partial charge in [0.25, 0.3) is 5.91 Å². The Balaban J connectivity index is 1.38. The summed E-state index contributed by atoms with van der Waals surface area (Å²) in [6.45, 7) is 0.378. The van der Waals surface area contributed by atoms with Crippen molar-refractivity contribution in [3.8, 4) is 34.1 Å². The molecule has 0 aromatic heterocycles. The number of methoxy groups -OCH3 is 3. The summed E-state index contributed by atoms with van der Waals surface area (Å²) >= 11 is 0. The Labute approximate surface area is 216 Å². The van der Waals surface area contributed by atoms with E-state index in [1.165, 1.54) is 6.21 Å². The van der Waals surface area contributed by atoms with Crippen molar-refractivity contribution >= 4 is 12.1 Å². The lowest BCUT2D eigenvalue weighted by molar-refractivity contribution is 0.0955. The third-order valence-electron chi connectivity index (χ3n) is 5.69. The number of nitrogens with one attached hydrogen (secondary N) is 1. The first-order valence-electron chi connectivity index (χ1n) is 11.6. The van der Waals surface area contributed by atoms with E-state index in [-0.39, 0.29) is 5.91 Å². The third kappa shape index (κ3) is 6.27. The summed E-state index contributed by atoms with van der Waals surface area (Å²) in [6.07, 6.45) is 1.49. The van der Waals surface area contributed by atoms with Gasteiger partial charge in [-0.05, 0) is 35.4 Å². The number of para-hydroxylation sites is 1. The van der Waals surface area contributed by atoms with Gasteiger partial charge in [0, 0.05) is 22.8 Å².